The molecule has 1 fully saturated rings. The van der Waals surface area contributed by atoms with Crippen LogP contribution in [-0.4, -0.2) is 52.4 Å². The molecule has 0 aromatic rings. The molecule has 1 saturated heterocycles. The molecular weight excluding hydrogens is 843 g/mol. The van der Waals surface area contributed by atoms with Crippen LogP contribution >= 0.6 is 0 Å². The van der Waals surface area contributed by atoms with Gasteiger partial charge in [0.25, 0.3) is 0 Å². The molecule has 0 aromatic heterocycles. The van der Waals surface area contributed by atoms with Gasteiger partial charge in [0.05, 0.1) is 18.8 Å². The minimum atomic E-state index is -1.10. The zero-order valence-electron chi connectivity index (χ0n) is 8.65. The Morgan fingerprint density at radius 2 is 1.60 bits per heavy atom. The van der Waals surface area contributed by atoms with E-state index in [1.165, 1.54) is 0 Å². The van der Waals surface area contributed by atoms with Gasteiger partial charge < -0.3 is 25.8 Å². The summed E-state index contributed by atoms with van der Waals surface area (Å²) in [7, 11) is 0. The summed E-state index contributed by atoms with van der Waals surface area (Å²) in [6, 6.07) is -0.595. The van der Waals surface area contributed by atoms with Crippen LogP contribution in [0.1, 0.15) is 6.92 Å². The summed E-state index contributed by atoms with van der Waals surface area (Å²) in [6.45, 7) is 1.39. The summed E-state index contributed by atoms with van der Waals surface area (Å²) >= 11 is 0. The van der Waals surface area contributed by atoms with Gasteiger partial charge in [0.1, 0.15) is 18.3 Å². The summed E-state index contributed by atoms with van der Waals surface area (Å²) in [4.78, 5) is 0. The molecule has 0 aliphatic carbocycles. The van der Waals surface area contributed by atoms with E-state index in [9.17, 15) is 10.2 Å². The molecule has 15 heavy (non-hydrogen) atoms. The maximum absolute atomic E-state index is 9.35. The molecule has 0 aromatic carbocycles. The Morgan fingerprint density at radius 1 is 1.13 bits per heavy atom. The van der Waals surface area contributed by atoms with Gasteiger partial charge in [-0.25, -0.2) is 0 Å². The fraction of sp³-hybridized carbons (Fsp3) is 1.00. The standard InChI is InChI=1S/C7H15NO4.3Ac/c1-3-5(8)7(11)6(10)4(2-9)12-3;;;/h3-7,9-11H,2,8H2,1H3;;;/t3-,4?,5?,6-,7+;;;/m0.../s1. The summed E-state index contributed by atoms with van der Waals surface area (Å²) in [5, 5.41) is 27.4. The molecule has 8 heteroatoms. The van der Waals surface area contributed by atoms with Crippen molar-refractivity contribution < 1.29 is 152 Å². The number of hydrogen-bond donors (Lipinski definition) is 4. The monoisotopic (exact) mass is 858 g/mol. The maximum atomic E-state index is 9.35. The van der Waals surface area contributed by atoms with Crippen molar-refractivity contribution in [3.63, 3.8) is 0 Å². The van der Waals surface area contributed by atoms with E-state index >= 15 is 0 Å². The predicted octanol–water partition coefficient (Wildman–Crippen LogP) is -2.18. The Labute approximate surface area is 197 Å². The smallest absolute Gasteiger partial charge is 0.110 e. The fourth-order valence-electron chi connectivity index (χ4n) is 1.32. The van der Waals surface area contributed by atoms with Crippen molar-refractivity contribution in [3.8, 4) is 0 Å². The molecule has 81 valence electrons. The van der Waals surface area contributed by atoms with Crippen LogP contribution < -0.4 is 5.73 Å². The number of hydrogen-bond acceptors (Lipinski definition) is 5. The van der Waals surface area contributed by atoms with Crippen molar-refractivity contribution in [3.05, 3.63) is 0 Å². The molecule has 2 unspecified atom stereocenters. The summed E-state index contributed by atoms with van der Waals surface area (Å²) in [5.41, 5.74) is 5.51. The van der Waals surface area contributed by atoms with E-state index in [-0.39, 0.29) is 145 Å². The van der Waals surface area contributed by atoms with Gasteiger partial charge in [0, 0.05) is 132 Å². The molecule has 0 spiro atoms. The van der Waals surface area contributed by atoms with Crippen molar-refractivity contribution in [2.75, 3.05) is 6.61 Å². The summed E-state index contributed by atoms with van der Waals surface area (Å²) in [5.74, 6) is 0. The van der Waals surface area contributed by atoms with Gasteiger partial charge in [-0.1, -0.05) is 0 Å². The van der Waals surface area contributed by atoms with Crippen LogP contribution in [0, 0.1) is 132 Å². The van der Waals surface area contributed by atoms with Crippen molar-refractivity contribution >= 4 is 0 Å². The Balaban J connectivity index is -0.000000480. The van der Waals surface area contributed by atoms with Crippen LogP contribution in [0.3, 0.4) is 0 Å². The van der Waals surface area contributed by atoms with Crippen molar-refractivity contribution in [2.45, 2.75) is 37.4 Å². The number of nitrogens with two attached hydrogens (primary N) is 1. The molecule has 5 nitrogen and oxygen atoms in total. The first-order valence-corrected chi connectivity index (χ1v) is 3.96. The third kappa shape index (κ3) is 6.90. The number of ether oxygens (including phenoxy) is 1. The Morgan fingerprint density at radius 3 is 2.00 bits per heavy atom. The molecule has 1 rings (SSSR count). The van der Waals surface area contributed by atoms with Gasteiger partial charge in [0.2, 0.25) is 0 Å². The normalized spacial score (nSPS) is 39.4. The molecule has 0 amide bonds. The second kappa shape index (κ2) is 11.9. The van der Waals surface area contributed by atoms with E-state index < -0.39 is 24.4 Å². The minimum Gasteiger partial charge on any atom is -0.394 e. The molecule has 1 aliphatic heterocycles. The van der Waals surface area contributed by atoms with Gasteiger partial charge in [-0.15, -0.1) is 0 Å². The molecule has 1 heterocycles. The average molecular weight is 858 g/mol. The fourth-order valence-corrected chi connectivity index (χ4v) is 1.32. The van der Waals surface area contributed by atoms with Crippen LogP contribution in [0.4, 0.5) is 0 Å². The molecule has 5 atom stereocenters. The first kappa shape index (κ1) is 24.2. The van der Waals surface area contributed by atoms with Crippen LogP contribution in [0.5, 0.6) is 0 Å². The first-order chi connectivity index (χ1) is 5.57. The van der Waals surface area contributed by atoms with Gasteiger partial charge in [-0.3, -0.25) is 0 Å². The molecule has 0 bridgehead atoms. The number of aliphatic hydroxyl groups is 3. The minimum absolute atomic E-state index is 0. The van der Waals surface area contributed by atoms with E-state index in [0.717, 1.165) is 0 Å². The molecular formula is C7H15Ac3NO4. The second-order valence-corrected chi connectivity index (χ2v) is 3.12. The largest absolute Gasteiger partial charge is 0.394 e. The van der Waals surface area contributed by atoms with Crippen molar-refractivity contribution in [1.82, 2.24) is 0 Å². The summed E-state index contributed by atoms with van der Waals surface area (Å²) < 4.78 is 5.15. The zero-order valence-corrected chi connectivity index (χ0v) is 22.9. The predicted molar refractivity (Wildman–Crippen MR) is 41.4 cm³/mol. The Bertz CT molecular complexity index is 160. The van der Waals surface area contributed by atoms with E-state index in [4.69, 9.17) is 15.6 Å². The topological polar surface area (TPSA) is 95.9 Å². The number of aliphatic hydroxyl groups excluding tert-OH is 3. The molecule has 5 N–H and O–H groups in total. The zero-order chi connectivity index (χ0) is 9.30. The quantitative estimate of drug-likeness (QED) is 0.241. The van der Waals surface area contributed by atoms with Gasteiger partial charge in [0.15, 0.2) is 0 Å². The Kier molecular flexibility index (Phi) is 19.2. The molecule has 0 saturated carbocycles. The van der Waals surface area contributed by atoms with Gasteiger partial charge in [-0.2, -0.15) is 0 Å². The van der Waals surface area contributed by atoms with Crippen molar-refractivity contribution in [1.29, 1.82) is 0 Å². The van der Waals surface area contributed by atoms with E-state index in [1.54, 1.807) is 6.92 Å². The van der Waals surface area contributed by atoms with E-state index in [0.29, 0.717) is 0 Å². The molecule has 3 radical (unpaired) electrons. The van der Waals surface area contributed by atoms with Crippen molar-refractivity contribution in [2.24, 2.45) is 5.73 Å². The second-order valence-electron chi connectivity index (χ2n) is 3.12. The maximum Gasteiger partial charge on any atom is 0.110 e. The van der Waals surface area contributed by atoms with Crippen LogP contribution in [0.15, 0.2) is 0 Å². The van der Waals surface area contributed by atoms with Gasteiger partial charge >= 0.3 is 0 Å². The third-order valence-electron chi connectivity index (χ3n) is 2.24. The average Bonchev–Trinajstić information content (AvgIpc) is 2.08. The number of rotatable bonds is 1. The molecule has 1 aliphatic rings. The third-order valence-corrected chi connectivity index (χ3v) is 2.24. The Hall–Kier alpha value is 4.12. The van der Waals surface area contributed by atoms with Crippen LogP contribution in [0.25, 0.3) is 0 Å². The summed E-state index contributed by atoms with van der Waals surface area (Å²) in [6.07, 6.45) is -3.19. The first-order valence-electron chi connectivity index (χ1n) is 3.96. The van der Waals surface area contributed by atoms with Crippen LogP contribution in [-0.2, 0) is 4.74 Å². The SMILES string of the molecule is C[C@@H]1OC(CO)[C@H](O)[C@H](O)C1N.[Ac].[Ac].[Ac]. The van der Waals surface area contributed by atoms with Crippen LogP contribution in [0.2, 0.25) is 0 Å². The van der Waals surface area contributed by atoms with Gasteiger partial charge in [-0.05, 0) is 6.92 Å². The van der Waals surface area contributed by atoms with E-state index in [1.807, 2.05) is 0 Å². The van der Waals surface area contributed by atoms with E-state index in [2.05, 4.69) is 0 Å².